The molecule has 2 unspecified atom stereocenters. The average Bonchev–Trinajstić information content (AvgIpc) is 3.12. The highest BCUT2D eigenvalue weighted by atomic mass is 35.5. The summed E-state index contributed by atoms with van der Waals surface area (Å²) >= 11 is 6.47. The van der Waals surface area contributed by atoms with Gasteiger partial charge in [-0.05, 0) is 74.9 Å². The van der Waals surface area contributed by atoms with Gasteiger partial charge in [-0.3, -0.25) is 19.5 Å². The third-order valence-electron chi connectivity index (χ3n) is 7.68. The van der Waals surface area contributed by atoms with Crippen molar-refractivity contribution in [1.82, 2.24) is 14.8 Å². The predicted molar refractivity (Wildman–Crippen MR) is 136 cm³/mol. The zero-order chi connectivity index (χ0) is 24.5. The van der Waals surface area contributed by atoms with E-state index in [9.17, 15) is 9.59 Å². The Balaban J connectivity index is 1.27. The van der Waals surface area contributed by atoms with Gasteiger partial charge >= 0.3 is 0 Å². The van der Waals surface area contributed by atoms with Crippen molar-refractivity contribution in [2.24, 2.45) is 5.92 Å². The number of nitrogens with one attached hydrogen (secondary N) is 1. The van der Waals surface area contributed by atoms with Crippen LogP contribution < -0.4 is 5.32 Å². The Bertz CT molecular complexity index is 1090. The number of hydrogen-bond donors (Lipinski definition) is 1. The quantitative estimate of drug-likeness (QED) is 0.671. The van der Waals surface area contributed by atoms with Gasteiger partial charge in [-0.25, -0.2) is 0 Å². The van der Waals surface area contributed by atoms with Gasteiger partial charge in [0.2, 0.25) is 5.91 Å². The molecule has 5 rings (SSSR count). The molecule has 3 aliphatic heterocycles. The van der Waals surface area contributed by atoms with Gasteiger partial charge in [-0.15, -0.1) is 0 Å². The zero-order valence-corrected chi connectivity index (χ0v) is 21.2. The summed E-state index contributed by atoms with van der Waals surface area (Å²) in [5.74, 6) is 0.241. The molecule has 1 aromatic carbocycles. The second kappa shape index (κ2) is 10.2. The number of aryl methyl sites for hydroxylation is 1. The van der Waals surface area contributed by atoms with Gasteiger partial charge in [-0.1, -0.05) is 11.6 Å². The molecular weight excluding hydrogens is 464 g/mol. The fourth-order valence-corrected chi connectivity index (χ4v) is 5.94. The van der Waals surface area contributed by atoms with E-state index in [0.717, 1.165) is 67.8 Å². The molecule has 2 amide bonds. The van der Waals surface area contributed by atoms with Crippen molar-refractivity contribution in [2.45, 2.75) is 58.2 Å². The molecule has 35 heavy (non-hydrogen) atoms. The van der Waals surface area contributed by atoms with E-state index >= 15 is 0 Å². The Morgan fingerprint density at radius 1 is 1.09 bits per heavy atom. The molecule has 2 atom stereocenters. The minimum Gasteiger partial charge on any atom is -0.381 e. The lowest BCUT2D eigenvalue weighted by Crippen LogP contribution is -2.57. The van der Waals surface area contributed by atoms with Gasteiger partial charge in [0, 0.05) is 73.5 Å². The second-order valence-corrected chi connectivity index (χ2v) is 10.5. The molecule has 2 bridgehead atoms. The first-order chi connectivity index (χ1) is 16.9. The average molecular weight is 497 g/mol. The highest BCUT2D eigenvalue weighted by Gasteiger charge is 2.44. The summed E-state index contributed by atoms with van der Waals surface area (Å²) in [6.45, 7) is 7.78. The smallest absolute Gasteiger partial charge is 0.257 e. The van der Waals surface area contributed by atoms with Crippen LogP contribution in [-0.2, 0) is 16.1 Å². The van der Waals surface area contributed by atoms with Crippen LogP contribution in [0.3, 0.4) is 0 Å². The first kappa shape index (κ1) is 24.2. The number of pyridine rings is 1. The lowest BCUT2D eigenvalue weighted by Gasteiger charge is -2.43. The number of amides is 2. The lowest BCUT2D eigenvalue weighted by molar-refractivity contribution is -0.144. The van der Waals surface area contributed by atoms with Crippen molar-refractivity contribution in [3.63, 3.8) is 0 Å². The molecule has 3 saturated heterocycles. The second-order valence-electron chi connectivity index (χ2n) is 10.1. The molecule has 7 nitrogen and oxygen atoms in total. The maximum atomic E-state index is 13.3. The van der Waals surface area contributed by atoms with Crippen LogP contribution in [0.25, 0.3) is 0 Å². The van der Waals surface area contributed by atoms with E-state index in [1.165, 1.54) is 0 Å². The third kappa shape index (κ3) is 5.22. The van der Waals surface area contributed by atoms with Crippen LogP contribution in [0.4, 0.5) is 5.69 Å². The van der Waals surface area contributed by atoms with E-state index in [1.54, 1.807) is 18.3 Å². The fourth-order valence-electron chi connectivity index (χ4n) is 5.70. The minimum atomic E-state index is -0.202. The van der Waals surface area contributed by atoms with Gasteiger partial charge in [0.1, 0.15) is 0 Å². The zero-order valence-electron chi connectivity index (χ0n) is 20.4. The van der Waals surface area contributed by atoms with Crippen LogP contribution in [-0.4, -0.2) is 65.0 Å². The summed E-state index contributed by atoms with van der Waals surface area (Å²) in [6.07, 6.45) is 5.40. The largest absolute Gasteiger partial charge is 0.381 e. The van der Waals surface area contributed by atoms with Crippen molar-refractivity contribution in [2.75, 3.05) is 31.6 Å². The van der Waals surface area contributed by atoms with E-state index in [0.29, 0.717) is 29.7 Å². The number of aromatic nitrogens is 1. The summed E-state index contributed by atoms with van der Waals surface area (Å²) in [7, 11) is 0. The van der Waals surface area contributed by atoms with Crippen LogP contribution in [0.5, 0.6) is 0 Å². The lowest BCUT2D eigenvalue weighted by atomic mass is 9.97. The van der Waals surface area contributed by atoms with Crippen LogP contribution >= 0.6 is 11.6 Å². The number of fused-ring (bicyclic) bond motifs is 2. The maximum absolute atomic E-state index is 13.3. The number of likely N-dealkylation sites (tertiary alicyclic amines) is 1. The summed E-state index contributed by atoms with van der Waals surface area (Å²) < 4.78 is 5.46. The number of benzene rings is 1. The molecule has 0 radical (unpaired) electrons. The molecule has 3 aliphatic rings. The van der Waals surface area contributed by atoms with Crippen molar-refractivity contribution in [3.05, 3.63) is 57.9 Å². The van der Waals surface area contributed by atoms with Crippen LogP contribution in [0, 0.1) is 19.8 Å². The van der Waals surface area contributed by atoms with Gasteiger partial charge in [0.15, 0.2) is 0 Å². The molecule has 1 N–H and O–H groups in total. The SMILES string of the molecule is Cc1ccc(C(=O)Nc2cc(Cl)cc(CN3CC4CCC(C3)N4C(=O)C3CCOCC3)c2C)cn1. The Morgan fingerprint density at radius 2 is 1.80 bits per heavy atom. The Labute approximate surface area is 211 Å². The highest BCUT2D eigenvalue weighted by Crippen LogP contribution is 2.35. The number of ether oxygens (including phenoxy) is 1. The number of nitrogens with zero attached hydrogens (tertiary/aromatic N) is 3. The Hall–Kier alpha value is -2.48. The van der Waals surface area contributed by atoms with Crippen LogP contribution in [0.2, 0.25) is 5.02 Å². The van der Waals surface area contributed by atoms with E-state index in [4.69, 9.17) is 16.3 Å². The first-order valence-corrected chi connectivity index (χ1v) is 12.9. The minimum absolute atomic E-state index is 0.114. The standard InChI is InChI=1S/C27H33ClN4O3/c1-17-3-4-20(13-29-17)26(33)30-25-12-22(28)11-21(18(25)2)14-31-15-23-5-6-24(16-31)32(23)27(34)19-7-9-35-10-8-19/h3-4,11-13,19,23-24H,5-10,14-16H2,1-2H3,(H,30,33). The van der Waals surface area contributed by atoms with Gasteiger partial charge in [-0.2, -0.15) is 0 Å². The van der Waals surface area contributed by atoms with Gasteiger partial charge < -0.3 is 15.0 Å². The molecule has 4 heterocycles. The molecule has 0 aliphatic carbocycles. The number of hydrogen-bond acceptors (Lipinski definition) is 5. The third-order valence-corrected chi connectivity index (χ3v) is 7.90. The van der Waals surface area contributed by atoms with Crippen molar-refractivity contribution in [3.8, 4) is 0 Å². The number of carbonyl (C=O) groups is 2. The highest BCUT2D eigenvalue weighted by molar-refractivity contribution is 6.31. The molecule has 3 fully saturated rings. The first-order valence-electron chi connectivity index (χ1n) is 12.5. The number of rotatable bonds is 5. The van der Waals surface area contributed by atoms with E-state index in [1.807, 2.05) is 26.0 Å². The fraction of sp³-hybridized carbons (Fsp3) is 0.519. The number of piperazine rings is 1. The van der Waals surface area contributed by atoms with Gasteiger partial charge in [0.05, 0.1) is 5.56 Å². The van der Waals surface area contributed by atoms with Crippen molar-refractivity contribution in [1.29, 1.82) is 0 Å². The molecule has 0 saturated carbocycles. The van der Waals surface area contributed by atoms with Gasteiger partial charge in [0.25, 0.3) is 5.91 Å². The van der Waals surface area contributed by atoms with Crippen LogP contribution in [0.1, 0.15) is 52.9 Å². The molecule has 2 aromatic rings. The summed E-state index contributed by atoms with van der Waals surface area (Å²) in [5, 5.41) is 3.60. The van der Waals surface area contributed by atoms with E-state index in [2.05, 4.69) is 20.1 Å². The Kier molecular flexibility index (Phi) is 7.09. The summed E-state index contributed by atoms with van der Waals surface area (Å²) in [5.41, 5.74) is 4.20. The molecule has 1 aromatic heterocycles. The topological polar surface area (TPSA) is 74.8 Å². The van der Waals surface area contributed by atoms with Crippen LogP contribution in [0.15, 0.2) is 30.5 Å². The van der Waals surface area contributed by atoms with E-state index < -0.39 is 0 Å². The molecule has 186 valence electrons. The number of halogens is 1. The summed E-state index contributed by atoms with van der Waals surface area (Å²) in [6, 6.07) is 7.94. The normalized spacial score (nSPS) is 22.9. The molecule has 0 spiro atoms. The maximum Gasteiger partial charge on any atom is 0.257 e. The molecular formula is C27H33ClN4O3. The summed E-state index contributed by atoms with van der Waals surface area (Å²) in [4.78, 5) is 34.9. The number of carbonyl (C=O) groups excluding carboxylic acids is 2. The number of anilines is 1. The predicted octanol–water partition coefficient (Wildman–Crippen LogP) is 4.21. The monoisotopic (exact) mass is 496 g/mol. The molecule has 8 heteroatoms. The Morgan fingerprint density at radius 3 is 2.46 bits per heavy atom. The van der Waals surface area contributed by atoms with Crippen molar-refractivity contribution >= 4 is 29.1 Å². The van der Waals surface area contributed by atoms with Crippen molar-refractivity contribution < 1.29 is 14.3 Å². The van der Waals surface area contributed by atoms with E-state index in [-0.39, 0.29) is 23.9 Å².